The molecule has 0 bridgehead atoms. The second-order valence-corrected chi connectivity index (χ2v) is 4.08. The van der Waals surface area contributed by atoms with E-state index in [9.17, 15) is 4.79 Å². The van der Waals surface area contributed by atoms with Crippen LogP contribution >= 0.6 is 0 Å². The molecule has 1 aliphatic heterocycles. The Kier molecular flexibility index (Phi) is 3.20. The van der Waals surface area contributed by atoms with Crippen LogP contribution in [0.25, 0.3) is 0 Å². The molecule has 3 heteroatoms. The van der Waals surface area contributed by atoms with Crippen molar-refractivity contribution in [1.82, 2.24) is 0 Å². The Morgan fingerprint density at radius 3 is 2.50 bits per heavy atom. The Morgan fingerprint density at radius 1 is 1.43 bits per heavy atom. The molecule has 0 saturated carbocycles. The van der Waals surface area contributed by atoms with Gasteiger partial charge in [-0.3, -0.25) is 0 Å². The van der Waals surface area contributed by atoms with Gasteiger partial charge < -0.3 is 9.47 Å². The lowest BCUT2D eigenvalue weighted by molar-refractivity contribution is -0.146. The summed E-state index contributed by atoms with van der Waals surface area (Å²) in [5.74, 6) is -0.240. The summed E-state index contributed by atoms with van der Waals surface area (Å²) in [6.45, 7) is 6.03. The molecule has 1 aliphatic rings. The van der Waals surface area contributed by atoms with Gasteiger partial charge in [-0.25, -0.2) is 4.79 Å². The van der Waals surface area contributed by atoms with E-state index in [-0.39, 0.29) is 11.6 Å². The van der Waals surface area contributed by atoms with Gasteiger partial charge in [0.2, 0.25) is 0 Å². The lowest BCUT2D eigenvalue weighted by atomic mass is 9.87. The minimum Gasteiger partial charge on any atom is -0.467 e. The van der Waals surface area contributed by atoms with E-state index in [1.54, 1.807) is 0 Å². The molecule has 1 fully saturated rings. The Hall–Kier alpha value is -0.570. The van der Waals surface area contributed by atoms with E-state index >= 15 is 0 Å². The molecule has 14 heavy (non-hydrogen) atoms. The van der Waals surface area contributed by atoms with E-state index in [0.717, 1.165) is 25.7 Å². The first-order valence-electron chi connectivity index (χ1n) is 5.35. The second-order valence-electron chi connectivity index (χ2n) is 4.08. The molecule has 2 unspecified atom stereocenters. The molecule has 0 N–H and O–H groups in total. The van der Waals surface area contributed by atoms with E-state index in [0.29, 0.717) is 0 Å². The van der Waals surface area contributed by atoms with Crippen LogP contribution in [0.2, 0.25) is 0 Å². The first-order chi connectivity index (χ1) is 6.56. The predicted octanol–water partition coefficient (Wildman–Crippen LogP) is 2.29. The largest absolute Gasteiger partial charge is 0.467 e. The van der Waals surface area contributed by atoms with Crippen LogP contribution in [0.3, 0.4) is 0 Å². The van der Waals surface area contributed by atoms with E-state index in [2.05, 4.69) is 13.8 Å². The highest BCUT2D eigenvalue weighted by molar-refractivity contribution is 5.84. The van der Waals surface area contributed by atoms with Crippen molar-refractivity contribution in [2.24, 2.45) is 0 Å². The van der Waals surface area contributed by atoms with Crippen LogP contribution in [0.15, 0.2) is 0 Å². The SMILES string of the molecule is CCCCC1(CC)OC1(C)C(=O)OC. The second kappa shape index (κ2) is 3.89. The molecule has 0 spiro atoms. The van der Waals surface area contributed by atoms with E-state index in [4.69, 9.17) is 9.47 Å². The summed E-state index contributed by atoms with van der Waals surface area (Å²) in [4.78, 5) is 11.5. The third kappa shape index (κ3) is 1.54. The number of esters is 1. The van der Waals surface area contributed by atoms with Crippen molar-refractivity contribution in [3.63, 3.8) is 0 Å². The molecule has 1 rings (SSSR count). The van der Waals surface area contributed by atoms with Gasteiger partial charge in [-0.2, -0.15) is 0 Å². The zero-order chi connectivity index (χ0) is 10.8. The molecular formula is C11H20O3. The summed E-state index contributed by atoms with van der Waals surface area (Å²) in [5.41, 5.74) is -0.943. The molecule has 0 radical (unpaired) electrons. The molecule has 2 atom stereocenters. The fraction of sp³-hybridized carbons (Fsp3) is 0.909. The summed E-state index contributed by atoms with van der Waals surface area (Å²) in [6, 6.07) is 0. The molecule has 1 saturated heterocycles. The average Bonchev–Trinajstić information content (AvgIpc) is 2.82. The first kappa shape index (κ1) is 11.5. The molecule has 82 valence electrons. The Balaban J connectivity index is 2.64. The molecule has 0 aliphatic carbocycles. The van der Waals surface area contributed by atoms with E-state index < -0.39 is 5.60 Å². The number of hydrogen-bond donors (Lipinski definition) is 0. The lowest BCUT2D eigenvalue weighted by Crippen LogP contribution is -2.32. The zero-order valence-electron chi connectivity index (χ0n) is 9.55. The van der Waals surface area contributed by atoms with Crippen LogP contribution in [-0.2, 0) is 14.3 Å². The van der Waals surface area contributed by atoms with Crippen molar-refractivity contribution in [2.75, 3.05) is 7.11 Å². The number of unbranched alkanes of at least 4 members (excludes halogenated alkanes) is 1. The van der Waals surface area contributed by atoms with Crippen molar-refractivity contribution in [1.29, 1.82) is 0 Å². The number of hydrogen-bond acceptors (Lipinski definition) is 3. The molecule has 3 nitrogen and oxygen atoms in total. The topological polar surface area (TPSA) is 38.8 Å². The lowest BCUT2D eigenvalue weighted by Gasteiger charge is -2.13. The van der Waals surface area contributed by atoms with Crippen molar-refractivity contribution >= 4 is 5.97 Å². The number of epoxide rings is 1. The maximum absolute atomic E-state index is 11.5. The molecular weight excluding hydrogens is 180 g/mol. The van der Waals surface area contributed by atoms with Gasteiger partial charge >= 0.3 is 5.97 Å². The number of carbonyl (C=O) groups is 1. The fourth-order valence-corrected chi connectivity index (χ4v) is 2.13. The van der Waals surface area contributed by atoms with Gasteiger partial charge in [-0.1, -0.05) is 26.7 Å². The number of rotatable bonds is 5. The van der Waals surface area contributed by atoms with Crippen LogP contribution in [0.1, 0.15) is 46.5 Å². The summed E-state index contributed by atoms with van der Waals surface area (Å²) in [6.07, 6.45) is 4.05. The maximum atomic E-state index is 11.5. The van der Waals surface area contributed by atoms with Gasteiger partial charge in [0.1, 0.15) is 5.60 Å². The average molecular weight is 200 g/mol. The van der Waals surface area contributed by atoms with Crippen LogP contribution in [0, 0.1) is 0 Å². The number of carbonyl (C=O) groups excluding carboxylic acids is 1. The van der Waals surface area contributed by atoms with Crippen molar-refractivity contribution in [3.05, 3.63) is 0 Å². The van der Waals surface area contributed by atoms with Gasteiger partial charge in [0.15, 0.2) is 5.60 Å². The zero-order valence-corrected chi connectivity index (χ0v) is 9.55. The number of methoxy groups -OCH3 is 1. The van der Waals surface area contributed by atoms with Gasteiger partial charge in [0.25, 0.3) is 0 Å². The monoisotopic (exact) mass is 200 g/mol. The third-order valence-electron chi connectivity index (χ3n) is 3.31. The van der Waals surface area contributed by atoms with E-state index in [1.165, 1.54) is 7.11 Å². The Morgan fingerprint density at radius 2 is 2.07 bits per heavy atom. The Bertz CT molecular complexity index is 227. The molecule has 0 aromatic heterocycles. The first-order valence-corrected chi connectivity index (χ1v) is 5.35. The highest BCUT2D eigenvalue weighted by Crippen LogP contribution is 2.54. The minimum atomic E-state index is -0.689. The van der Waals surface area contributed by atoms with Gasteiger partial charge in [0, 0.05) is 0 Å². The molecule has 0 aromatic rings. The van der Waals surface area contributed by atoms with Crippen molar-refractivity contribution in [2.45, 2.75) is 57.7 Å². The van der Waals surface area contributed by atoms with Gasteiger partial charge in [-0.15, -0.1) is 0 Å². The third-order valence-corrected chi connectivity index (χ3v) is 3.31. The quantitative estimate of drug-likeness (QED) is 0.505. The van der Waals surface area contributed by atoms with Crippen LogP contribution in [0.4, 0.5) is 0 Å². The summed E-state index contributed by atoms with van der Waals surface area (Å²) in [7, 11) is 1.41. The number of ether oxygens (including phenoxy) is 2. The molecule has 0 aromatic carbocycles. The molecule has 0 amide bonds. The highest BCUT2D eigenvalue weighted by Gasteiger charge is 2.70. The van der Waals surface area contributed by atoms with Gasteiger partial charge in [0.05, 0.1) is 7.11 Å². The normalized spacial score (nSPS) is 35.4. The summed E-state index contributed by atoms with van der Waals surface area (Å²) >= 11 is 0. The van der Waals surface area contributed by atoms with Crippen molar-refractivity contribution < 1.29 is 14.3 Å². The van der Waals surface area contributed by atoms with E-state index in [1.807, 2.05) is 6.92 Å². The smallest absolute Gasteiger partial charge is 0.340 e. The minimum absolute atomic E-state index is 0.240. The standard InChI is InChI=1S/C11H20O3/c1-5-7-8-11(6-2)10(3,14-11)9(12)13-4/h5-8H2,1-4H3. The fourth-order valence-electron chi connectivity index (χ4n) is 2.13. The Labute approximate surface area is 85.8 Å². The highest BCUT2D eigenvalue weighted by atomic mass is 16.7. The van der Waals surface area contributed by atoms with Crippen LogP contribution < -0.4 is 0 Å². The molecule has 1 heterocycles. The van der Waals surface area contributed by atoms with Crippen LogP contribution in [-0.4, -0.2) is 24.3 Å². The summed E-state index contributed by atoms with van der Waals surface area (Å²) < 4.78 is 10.4. The van der Waals surface area contributed by atoms with Gasteiger partial charge in [-0.05, 0) is 19.8 Å². The van der Waals surface area contributed by atoms with Crippen LogP contribution in [0.5, 0.6) is 0 Å². The van der Waals surface area contributed by atoms with Crippen molar-refractivity contribution in [3.8, 4) is 0 Å². The predicted molar refractivity (Wildman–Crippen MR) is 54.1 cm³/mol. The summed E-state index contributed by atoms with van der Waals surface area (Å²) in [5, 5.41) is 0. The maximum Gasteiger partial charge on any atom is 0.340 e.